The van der Waals surface area contributed by atoms with Crippen LogP contribution in [0.5, 0.6) is 0 Å². The second-order valence-corrected chi connectivity index (χ2v) is 9.23. The summed E-state index contributed by atoms with van der Waals surface area (Å²) in [6.07, 6.45) is 2.94. The minimum atomic E-state index is -0.425. The summed E-state index contributed by atoms with van der Waals surface area (Å²) < 4.78 is 0. The van der Waals surface area contributed by atoms with Crippen molar-refractivity contribution >= 4 is 23.2 Å². The van der Waals surface area contributed by atoms with Crippen LogP contribution in [0.2, 0.25) is 0 Å². The molecule has 2 atom stereocenters. The highest BCUT2D eigenvalue weighted by molar-refractivity contribution is 7.14. The Morgan fingerprint density at radius 2 is 1.61 bits per heavy atom. The van der Waals surface area contributed by atoms with Gasteiger partial charge in [-0.25, -0.2) is 0 Å². The van der Waals surface area contributed by atoms with E-state index in [9.17, 15) is 9.59 Å². The maximum Gasteiger partial charge on any atom is 0.312 e. The van der Waals surface area contributed by atoms with Gasteiger partial charge in [0.2, 0.25) is 0 Å². The van der Waals surface area contributed by atoms with Crippen molar-refractivity contribution in [1.82, 2.24) is 20.0 Å². The maximum atomic E-state index is 12.9. The van der Waals surface area contributed by atoms with Gasteiger partial charge in [-0.1, -0.05) is 72.0 Å². The first kappa shape index (κ1) is 19.9. The summed E-state index contributed by atoms with van der Waals surface area (Å²) in [7, 11) is 0. The summed E-state index contributed by atoms with van der Waals surface area (Å²) in [5.74, 6) is -0.339. The molecule has 0 bridgehead atoms. The molecule has 158 valence electrons. The molecule has 3 aromatic rings. The van der Waals surface area contributed by atoms with Crippen LogP contribution in [0.1, 0.15) is 35.8 Å². The summed E-state index contributed by atoms with van der Waals surface area (Å²) in [6, 6.07) is 20.5. The number of hydrogen-bond donors (Lipinski definition) is 0. The summed E-state index contributed by atoms with van der Waals surface area (Å²) in [4.78, 5) is 29.1. The third-order valence-electron chi connectivity index (χ3n) is 6.27. The molecule has 5 rings (SSSR count). The van der Waals surface area contributed by atoms with Gasteiger partial charge < -0.3 is 9.80 Å². The second-order valence-electron chi connectivity index (χ2n) is 8.17. The molecule has 2 amide bonds. The number of carbonyl (C=O) groups is 2. The molecule has 1 saturated heterocycles. The fraction of sp³-hybridized carbons (Fsp3) is 0.333. The van der Waals surface area contributed by atoms with E-state index in [2.05, 4.69) is 34.5 Å². The summed E-state index contributed by atoms with van der Waals surface area (Å²) >= 11 is 1.47. The molecule has 1 saturated carbocycles. The first-order valence-corrected chi connectivity index (χ1v) is 11.5. The van der Waals surface area contributed by atoms with E-state index in [-0.39, 0.29) is 11.9 Å². The molecule has 1 aliphatic carbocycles. The maximum absolute atomic E-state index is 12.9. The molecule has 31 heavy (non-hydrogen) atoms. The Morgan fingerprint density at radius 3 is 2.39 bits per heavy atom. The van der Waals surface area contributed by atoms with Gasteiger partial charge in [-0.15, -0.1) is 10.2 Å². The standard InChI is InChI=1S/C24H24N4O2S/c29-23-24(30)28(20-12-11-19(15-20)17-7-3-1-4-8-17)14-13-27(23)16-21-25-26-22(31-21)18-9-5-2-6-10-18/h1-10,19-20H,11-16H2. The van der Waals surface area contributed by atoms with Crippen molar-refractivity contribution in [1.29, 1.82) is 0 Å². The Kier molecular flexibility index (Phi) is 5.51. The summed E-state index contributed by atoms with van der Waals surface area (Å²) in [5.41, 5.74) is 2.33. The number of carbonyl (C=O) groups excluding carboxylic acids is 2. The smallest absolute Gasteiger partial charge is 0.312 e. The van der Waals surface area contributed by atoms with Gasteiger partial charge >= 0.3 is 11.8 Å². The average Bonchev–Trinajstić information content (AvgIpc) is 3.49. The van der Waals surface area contributed by atoms with Gasteiger partial charge in [-0.3, -0.25) is 9.59 Å². The Morgan fingerprint density at radius 1 is 0.871 bits per heavy atom. The average molecular weight is 433 g/mol. The van der Waals surface area contributed by atoms with Crippen LogP contribution in [0.3, 0.4) is 0 Å². The van der Waals surface area contributed by atoms with Crippen LogP contribution < -0.4 is 0 Å². The second kappa shape index (κ2) is 8.59. The van der Waals surface area contributed by atoms with Crippen LogP contribution in [-0.2, 0) is 16.1 Å². The van der Waals surface area contributed by atoms with Gasteiger partial charge in [0.1, 0.15) is 10.0 Å². The van der Waals surface area contributed by atoms with Crippen LogP contribution in [0.25, 0.3) is 10.6 Å². The summed E-state index contributed by atoms with van der Waals surface area (Å²) in [6.45, 7) is 1.46. The lowest BCUT2D eigenvalue weighted by Gasteiger charge is -2.37. The Balaban J connectivity index is 1.21. The Bertz CT molecular complexity index is 1070. The number of benzene rings is 2. The van der Waals surface area contributed by atoms with Crippen molar-refractivity contribution in [3.05, 3.63) is 71.2 Å². The molecule has 0 N–H and O–H groups in total. The number of aromatic nitrogens is 2. The van der Waals surface area contributed by atoms with Crippen molar-refractivity contribution in [3.63, 3.8) is 0 Å². The van der Waals surface area contributed by atoms with E-state index < -0.39 is 5.91 Å². The zero-order valence-corrected chi connectivity index (χ0v) is 18.0. The predicted molar refractivity (Wildman–Crippen MR) is 119 cm³/mol. The van der Waals surface area contributed by atoms with E-state index in [4.69, 9.17) is 0 Å². The summed E-state index contributed by atoms with van der Waals surface area (Å²) in [5, 5.41) is 10.1. The molecule has 2 unspecified atom stereocenters. The minimum absolute atomic E-state index is 0.148. The molecule has 0 radical (unpaired) electrons. The van der Waals surface area contributed by atoms with Crippen LogP contribution >= 0.6 is 11.3 Å². The van der Waals surface area contributed by atoms with Gasteiger partial charge in [0.15, 0.2) is 0 Å². The van der Waals surface area contributed by atoms with Crippen molar-refractivity contribution < 1.29 is 9.59 Å². The first-order chi connectivity index (χ1) is 15.2. The fourth-order valence-corrected chi connectivity index (χ4v) is 5.50. The number of amides is 2. The lowest BCUT2D eigenvalue weighted by molar-refractivity contribution is -0.158. The lowest BCUT2D eigenvalue weighted by atomic mass is 9.97. The molecule has 2 aromatic carbocycles. The van der Waals surface area contributed by atoms with Crippen LogP contribution in [0.15, 0.2) is 60.7 Å². The van der Waals surface area contributed by atoms with Gasteiger partial charge in [0.25, 0.3) is 0 Å². The molecule has 6 nitrogen and oxygen atoms in total. The molecule has 2 heterocycles. The molecular formula is C24H24N4O2S. The molecule has 7 heteroatoms. The predicted octanol–water partition coefficient (Wildman–Crippen LogP) is 3.71. The first-order valence-electron chi connectivity index (χ1n) is 10.7. The van der Waals surface area contributed by atoms with Crippen molar-refractivity contribution in [2.24, 2.45) is 0 Å². The topological polar surface area (TPSA) is 66.4 Å². The zero-order chi connectivity index (χ0) is 21.2. The molecular weight excluding hydrogens is 408 g/mol. The van der Waals surface area contributed by atoms with Gasteiger partial charge in [-0.2, -0.15) is 0 Å². The third kappa shape index (κ3) is 4.10. The van der Waals surface area contributed by atoms with Gasteiger partial charge in [-0.05, 0) is 30.7 Å². The normalized spacial score (nSPS) is 21.7. The molecule has 2 fully saturated rings. The monoisotopic (exact) mass is 432 g/mol. The number of piperazine rings is 1. The molecule has 1 aliphatic heterocycles. The highest BCUT2D eigenvalue weighted by Crippen LogP contribution is 2.37. The highest BCUT2D eigenvalue weighted by atomic mass is 32.1. The Labute approximate surface area is 185 Å². The van der Waals surface area contributed by atoms with E-state index in [1.165, 1.54) is 16.9 Å². The van der Waals surface area contributed by atoms with Crippen molar-refractivity contribution in [3.8, 4) is 10.6 Å². The zero-order valence-electron chi connectivity index (χ0n) is 17.2. The van der Waals surface area contributed by atoms with E-state index in [1.807, 2.05) is 36.4 Å². The van der Waals surface area contributed by atoms with Gasteiger partial charge in [0.05, 0.1) is 6.54 Å². The number of nitrogens with zero attached hydrogens (tertiary/aromatic N) is 4. The lowest BCUT2D eigenvalue weighted by Crippen LogP contribution is -2.56. The molecule has 2 aliphatic rings. The van der Waals surface area contributed by atoms with Gasteiger partial charge in [0, 0.05) is 24.7 Å². The SMILES string of the molecule is O=C1C(=O)N(C2CCC(c3ccccc3)C2)CCN1Cc1nnc(-c2ccccc2)s1. The minimum Gasteiger partial charge on any atom is -0.330 e. The van der Waals surface area contributed by atoms with E-state index in [0.717, 1.165) is 34.8 Å². The van der Waals surface area contributed by atoms with Crippen LogP contribution in [-0.4, -0.2) is 50.9 Å². The highest BCUT2D eigenvalue weighted by Gasteiger charge is 2.39. The quantitative estimate of drug-likeness (QED) is 0.577. The third-order valence-corrected chi connectivity index (χ3v) is 7.23. The van der Waals surface area contributed by atoms with Crippen molar-refractivity contribution in [2.45, 2.75) is 37.8 Å². The number of hydrogen-bond acceptors (Lipinski definition) is 5. The van der Waals surface area contributed by atoms with Crippen LogP contribution in [0, 0.1) is 0 Å². The van der Waals surface area contributed by atoms with E-state index in [0.29, 0.717) is 25.6 Å². The van der Waals surface area contributed by atoms with Crippen LogP contribution in [0.4, 0.5) is 0 Å². The van der Waals surface area contributed by atoms with E-state index >= 15 is 0 Å². The fourth-order valence-electron chi connectivity index (χ4n) is 4.64. The molecule has 0 spiro atoms. The molecule has 1 aromatic heterocycles. The number of rotatable bonds is 5. The van der Waals surface area contributed by atoms with E-state index in [1.54, 1.807) is 9.80 Å². The Hall–Kier alpha value is -3.06. The van der Waals surface area contributed by atoms with Crippen molar-refractivity contribution in [2.75, 3.05) is 13.1 Å². The largest absolute Gasteiger partial charge is 0.330 e.